The van der Waals surface area contributed by atoms with Gasteiger partial charge in [0, 0.05) is 10.3 Å². The molecule has 0 N–H and O–H groups in total. The number of carbonyl (C=O) groups excluding carboxylic acids is 2. The fourth-order valence-corrected chi connectivity index (χ4v) is 8.04. The van der Waals surface area contributed by atoms with Gasteiger partial charge in [0.1, 0.15) is 10.9 Å². The number of ketones is 2. The zero-order valence-electron chi connectivity index (χ0n) is 24.3. The number of nitrogens with zero attached hydrogens (tertiary/aromatic N) is 3. The van der Waals surface area contributed by atoms with Crippen molar-refractivity contribution >= 4 is 80.2 Å². The van der Waals surface area contributed by atoms with Gasteiger partial charge >= 0.3 is 0 Å². The molecule has 1 fully saturated rings. The number of Topliss-reactive ketones (excluding diaryl/α,β-unsaturated/α-hetero) is 2. The highest BCUT2D eigenvalue weighted by molar-refractivity contribution is 7.99. The lowest BCUT2D eigenvalue weighted by molar-refractivity contribution is -0.117. The largest absolute Gasteiger partial charge is 0.305 e. The second kappa shape index (κ2) is 9.84. The van der Waals surface area contributed by atoms with E-state index in [0.29, 0.717) is 5.82 Å². The number of hydrogen-bond donors (Lipinski definition) is 0. The maximum absolute atomic E-state index is 13.6. The van der Waals surface area contributed by atoms with Gasteiger partial charge < -0.3 is 4.90 Å². The van der Waals surface area contributed by atoms with Gasteiger partial charge in [0.2, 0.25) is 0 Å². The smallest absolute Gasteiger partial charge is 0.174 e. The Balaban J connectivity index is 1.19. The Bertz CT molecular complexity index is 2390. The Hall–Kier alpha value is -5.33. The van der Waals surface area contributed by atoms with Gasteiger partial charge in [-0.05, 0) is 63.4 Å². The lowest BCUT2D eigenvalue weighted by Gasteiger charge is -2.33. The molecule has 0 bridgehead atoms. The summed E-state index contributed by atoms with van der Waals surface area (Å²) in [7, 11) is 0. The summed E-state index contributed by atoms with van der Waals surface area (Å²) in [6, 6.07) is 33.2. The molecular weight excluding hydrogens is 575 g/mol. The van der Waals surface area contributed by atoms with Crippen LogP contribution in [-0.4, -0.2) is 21.5 Å². The molecule has 6 aromatic rings. The number of allylic oxidation sites excluding steroid dienone is 1. The van der Waals surface area contributed by atoms with E-state index in [9.17, 15) is 9.59 Å². The number of aryl methyl sites for hydroxylation is 1. The lowest BCUT2D eigenvalue weighted by Crippen LogP contribution is -2.33. The standard InChI is InChI=1S/C39H25N3O2S/c1-22-40-21-35-39(41-22)45-36-17-23(16-32-37(43)30-18-24-8-2-3-9-25(24)19-31(30)38(32)44)14-15-33(36)42(35)34-20-26-10-4-5-11-27(26)28-12-6-7-13-29(28)34/h2-21,30-31H,1H3. The van der Waals surface area contributed by atoms with Crippen molar-refractivity contribution in [2.24, 2.45) is 11.8 Å². The van der Waals surface area contributed by atoms with Crippen LogP contribution < -0.4 is 15.3 Å². The summed E-state index contributed by atoms with van der Waals surface area (Å²) in [5.41, 5.74) is 4.04. The highest BCUT2D eigenvalue weighted by Crippen LogP contribution is 2.52. The Morgan fingerprint density at radius 2 is 1.38 bits per heavy atom. The Labute approximate surface area is 263 Å². The maximum atomic E-state index is 13.6. The average molecular weight is 600 g/mol. The monoisotopic (exact) mass is 599 g/mol. The first-order chi connectivity index (χ1) is 22.0. The van der Waals surface area contributed by atoms with Gasteiger partial charge in [-0.3, -0.25) is 9.59 Å². The molecular formula is C39H25N3O2S. The molecule has 6 heteroatoms. The molecule has 2 aliphatic carbocycles. The molecule has 1 aromatic heterocycles. The molecule has 2 unspecified atom stereocenters. The van der Waals surface area contributed by atoms with E-state index < -0.39 is 11.8 Å². The number of benzene rings is 5. The van der Waals surface area contributed by atoms with Crippen LogP contribution in [0.1, 0.15) is 11.4 Å². The topological polar surface area (TPSA) is 63.2 Å². The predicted molar refractivity (Wildman–Crippen MR) is 180 cm³/mol. The maximum Gasteiger partial charge on any atom is 0.174 e. The molecule has 2 atom stereocenters. The van der Waals surface area contributed by atoms with E-state index in [0.717, 1.165) is 53.8 Å². The third kappa shape index (κ3) is 4.02. The quantitative estimate of drug-likeness (QED) is 0.0917. The molecule has 1 aliphatic heterocycles. The van der Waals surface area contributed by atoms with Crippen LogP contribution in [0.4, 0.5) is 17.1 Å². The van der Waals surface area contributed by atoms with Gasteiger partial charge in [0.05, 0.1) is 40.7 Å². The minimum absolute atomic E-state index is 0.112. The van der Waals surface area contributed by atoms with E-state index in [1.807, 2.05) is 55.6 Å². The predicted octanol–water partition coefficient (Wildman–Crippen LogP) is 7.07. The summed E-state index contributed by atoms with van der Waals surface area (Å²) in [5, 5.41) is 7.53. The van der Waals surface area contributed by atoms with Crippen molar-refractivity contribution in [3.8, 4) is 0 Å². The summed E-state index contributed by atoms with van der Waals surface area (Å²) < 4.78 is 0. The molecule has 0 amide bonds. The molecule has 0 radical (unpaired) electrons. The van der Waals surface area contributed by atoms with Crippen molar-refractivity contribution in [1.29, 1.82) is 0 Å². The van der Waals surface area contributed by atoms with E-state index in [4.69, 9.17) is 4.98 Å². The van der Waals surface area contributed by atoms with E-state index >= 15 is 0 Å². The minimum atomic E-state index is -0.450. The van der Waals surface area contributed by atoms with E-state index in [1.165, 1.54) is 10.8 Å². The molecule has 1 saturated carbocycles. The third-order valence-corrected chi connectivity index (χ3v) is 10.1. The van der Waals surface area contributed by atoms with Crippen LogP contribution in [-0.2, 0) is 9.59 Å². The van der Waals surface area contributed by atoms with Gasteiger partial charge in [-0.15, -0.1) is 0 Å². The van der Waals surface area contributed by atoms with E-state index in [1.54, 1.807) is 17.8 Å². The summed E-state index contributed by atoms with van der Waals surface area (Å²) >= 11 is 1.59. The van der Waals surface area contributed by atoms with E-state index in [-0.39, 0.29) is 17.1 Å². The highest BCUT2D eigenvalue weighted by atomic mass is 32.2. The zero-order valence-corrected chi connectivity index (χ0v) is 25.1. The normalized spacial score (nSPS) is 18.2. The average Bonchev–Trinajstić information content (AvgIpc) is 3.29. The lowest BCUT2D eigenvalue weighted by atomic mass is 9.89. The number of anilines is 3. The zero-order chi connectivity index (χ0) is 30.2. The van der Waals surface area contributed by atoms with Crippen molar-refractivity contribution in [3.05, 3.63) is 131 Å². The second-order valence-corrected chi connectivity index (χ2v) is 12.8. The highest BCUT2D eigenvalue weighted by Gasteiger charge is 2.44. The molecule has 0 spiro atoms. The van der Waals surface area contributed by atoms with Crippen LogP contribution in [0.5, 0.6) is 0 Å². The van der Waals surface area contributed by atoms with Crippen LogP contribution in [0.2, 0.25) is 0 Å². The Morgan fingerprint density at radius 3 is 2.13 bits per heavy atom. The first-order valence-corrected chi connectivity index (χ1v) is 15.8. The molecule has 5 nitrogen and oxygen atoms in total. The van der Waals surface area contributed by atoms with Crippen LogP contribution in [0.15, 0.2) is 119 Å². The first-order valence-electron chi connectivity index (χ1n) is 15.0. The third-order valence-electron chi connectivity index (χ3n) is 9.06. The fraction of sp³-hybridized carbons (Fsp3) is 0.0769. The van der Waals surface area contributed by atoms with Gasteiger partial charge in [0.15, 0.2) is 11.6 Å². The van der Waals surface area contributed by atoms with Gasteiger partial charge in [-0.2, -0.15) is 0 Å². The second-order valence-electron chi connectivity index (χ2n) is 11.7. The first kappa shape index (κ1) is 26.1. The van der Waals surface area contributed by atoms with E-state index in [2.05, 4.69) is 76.6 Å². The van der Waals surface area contributed by atoms with Crippen molar-refractivity contribution in [2.45, 2.75) is 16.8 Å². The molecule has 0 saturated heterocycles. The van der Waals surface area contributed by atoms with Crippen molar-refractivity contribution < 1.29 is 9.59 Å². The number of carbonyl (C=O) groups is 2. The number of rotatable bonds is 2. The minimum Gasteiger partial charge on any atom is -0.305 e. The molecule has 9 rings (SSSR count). The number of fused-ring (bicyclic) bond motifs is 7. The van der Waals surface area contributed by atoms with Crippen LogP contribution in [0, 0.1) is 18.8 Å². The molecule has 5 aromatic carbocycles. The molecule has 45 heavy (non-hydrogen) atoms. The van der Waals surface area contributed by atoms with Crippen molar-refractivity contribution in [3.63, 3.8) is 0 Å². The molecule has 2 heterocycles. The van der Waals surface area contributed by atoms with Gasteiger partial charge in [-0.1, -0.05) is 103 Å². The van der Waals surface area contributed by atoms with Crippen molar-refractivity contribution in [1.82, 2.24) is 9.97 Å². The van der Waals surface area contributed by atoms with Crippen LogP contribution >= 0.6 is 11.8 Å². The van der Waals surface area contributed by atoms with Crippen LogP contribution in [0.3, 0.4) is 0 Å². The SMILES string of the molecule is Cc1ncc2c(n1)Sc1cc(C=C3C(=O)C4C=c5ccccc5=CC4C3=O)ccc1N2c1cc2ccccc2c2ccccc12. The van der Waals surface area contributed by atoms with Gasteiger partial charge in [0.25, 0.3) is 0 Å². The summed E-state index contributed by atoms with van der Waals surface area (Å²) in [4.78, 5) is 39.8. The molecule has 214 valence electrons. The van der Waals surface area contributed by atoms with Gasteiger partial charge in [-0.25, -0.2) is 9.97 Å². The summed E-state index contributed by atoms with van der Waals surface area (Å²) in [6.45, 7) is 1.90. The summed E-state index contributed by atoms with van der Waals surface area (Å²) in [5.74, 6) is -0.425. The number of aromatic nitrogens is 2. The van der Waals surface area contributed by atoms with Crippen molar-refractivity contribution in [2.75, 3.05) is 4.90 Å². The van der Waals surface area contributed by atoms with Crippen LogP contribution in [0.25, 0.3) is 39.8 Å². The Morgan fingerprint density at radius 1 is 0.711 bits per heavy atom. The number of hydrogen-bond acceptors (Lipinski definition) is 6. The fourth-order valence-electron chi connectivity index (χ4n) is 6.95. The summed E-state index contributed by atoms with van der Waals surface area (Å²) in [6.07, 6.45) is 7.58. The Kier molecular flexibility index (Phi) is 5.71. The molecule has 3 aliphatic rings.